The van der Waals surface area contributed by atoms with Gasteiger partial charge in [-0.05, 0) is 45.4 Å². The predicted octanol–water partition coefficient (Wildman–Crippen LogP) is 2.97. The van der Waals surface area contributed by atoms with Crippen LogP contribution in [0.4, 0.5) is 4.39 Å². The van der Waals surface area contributed by atoms with E-state index in [4.69, 9.17) is 9.84 Å². The summed E-state index contributed by atoms with van der Waals surface area (Å²) in [6, 6.07) is 4.33. The lowest BCUT2D eigenvalue weighted by molar-refractivity contribution is -0.158. The molecule has 0 saturated heterocycles. The fraction of sp³-hybridized carbons (Fsp3) is 0.500. The van der Waals surface area contributed by atoms with Crippen LogP contribution in [0.15, 0.2) is 18.2 Å². The van der Waals surface area contributed by atoms with Gasteiger partial charge in [0.1, 0.15) is 11.9 Å². The van der Waals surface area contributed by atoms with E-state index in [1.807, 2.05) is 0 Å². The Hall–Kier alpha value is -1.42. The van der Waals surface area contributed by atoms with Crippen LogP contribution in [-0.4, -0.2) is 11.1 Å². The van der Waals surface area contributed by atoms with E-state index in [1.54, 1.807) is 33.8 Å². The SMILES string of the molecule is C[C@H](OC(=O)C(C)(C)C)c1ccc(F)c(CO)c1. The number of aliphatic hydroxyl groups excluding tert-OH is 1. The molecule has 1 atom stereocenters. The largest absolute Gasteiger partial charge is 0.457 e. The van der Waals surface area contributed by atoms with Crippen molar-refractivity contribution >= 4 is 5.97 Å². The molecule has 0 unspecified atom stereocenters. The fourth-order valence-corrected chi connectivity index (χ4v) is 1.37. The minimum absolute atomic E-state index is 0.200. The first-order chi connectivity index (χ1) is 8.25. The predicted molar refractivity (Wildman–Crippen MR) is 66.3 cm³/mol. The van der Waals surface area contributed by atoms with Crippen LogP contribution in [0.25, 0.3) is 0 Å². The second kappa shape index (κ2) is 5.48. The highest BCUT2D eigenvalue weighted by molar-refractivity contribution is 5.75. The van der Waals surface area contributed by atoms with Crippen LogP contribution in [0, 0.1) is 11.2 Å². The number of rotatable bonds is 3. The topological polar surface area (TPSA) is 46.5 Å². The first-order valence-electron chi connectivity index (χ1n) is 5.86. The summed E-state index contributed by atoms with van der Waals surface area (Å²) in [6.07, 6.45) is -0.470. The maximum Gasteiger partial charge on any atom is 0.311 e. The highest BCUT2D eigenvalue weighted by Crippen LogP contribution is 2.24. The molecule has 1 rings (SSSR count). The van der Waals surface area contributed by atoms with Crippen molar-refractivity contribution < 1.29 is 19.0 Å². The van der Waals surface area contributed by atoms with Crippen LogP contribution in [0.1, 0.15) is 44.9 Å². The number of halogens is 1. The number of carbonyl (C=O) groups excluding carboxylic acids is 1. The lowest BCUT2D eigenvalue weighted by atomic mass is 9.97. The molecule has 0 fully saturated rings. The molecular formula is C14H19FO3. The molecule has 4 heteroatoms. The quantitative estimate of drug-likeness (QED) is 0.843. The van der Waals surface area contributed by atoms with E-state index in [-0.39, 0.29) is 18.1 Å². The van der Waals surface area contributed by atoms with Gasteiger partial charge in [0.05, 0.1) is 12.0 Å². The van der Waals surface area contributed by atoms with Crippen LogP contribution >= 0.6 is 0 Å². The van der Waals surface area contributed by atoms with Crippen LogP contribution in [0.2, 0.25) is 0 Å². The summed E-state index contributed by atoms with van der Waals surface area (Å²) < 4.78 is 18.5. The number of carbonyl (C=O) groups is 1. The minimum atomic E-state index is -0.575. The molecule has 0 aromatic heterocycles. The molecule has 0 spiro atoms. The molecule has 1 N–H and O–H groups in total. The van der Waals surface area contributed by atoms with Gasteiger partial charge in [-0.2, -0.15) is 0 Å². The van der Waals surface area contributed by atoms with Gasteiger partial charge in [0.15, 0.2) is 0 Å². The third-order valence-electron chi connectivity index (χ3n) is 2.61. The van der Waals surface area contributed by atoms with Crippen molar-refractivity contribution in [2.75, 3.05) is 0 Å². The smallest absolute Gasteiger partial charge is 0.311 e. The molecule has 0 aliphatic rings. The normalized spacial score (nSPS) is 13.2. The maximum atomic E-state index is 13.2. The number of ether oxygens (including phenoxy) is 1. The lowest BCUT2D eigenvalue weighted by Gasteiger charge is -2.21. The zero-order valence-electron chi connectivity index (χ0n) is 11.2. The van der Waals surface area contributed by atoms with E-state index in [2.05, 4.69) is 0 Å². The van der Waals surface area contributed by atoms with Crippen molar-refractivity contribution in [3.8, 4) is 0 Å². The highest BCUT2D eigenvalue weighted by Gasteiger charge is 2.25. The summed E-state index contributed by atoms with van der Waals surface area (Å²) >= 11 is 0. The fourth-order valence-electron chi connectivity index (χ4n) is 1.37. The van der Waals surface area contributed by atoms with Crippen molar-refractivity contribution in [1.82, 2.24) is 0 Å². The molecule has 0 aliphatic carbocycles. The van der Waals surface area contributed by atoms with Crippen LogP contribution in [0.3, 0.4) is 0 Å². The third-order valence-corrected chi connectivity index (χ3v) is 2.61. The zero-order valence-corrected chi connectivity index (χ0v) is 11.2. The van der Waals surface area contributed by atoms with Gasteiger partial charge in [-0.1, -0.05) is 6.07 Å². The van der Waals surface area contributed by atoms with Crippen LogP contribution < -0.4 is 0 Å². The first kappa shape index (κ1) is 14.6. The number of esters is 1. The number of aliphatic hydroxyl groups is 1. The van der Waals surface area contributed by atoms with Gasteiger partial charge < -0.3 is 9.84 Å². The van der Waals surface area contributed by atoms with Gasteiger partial charge in [0.25, 0.3) is 0 Å². The molecule has 0 amide bonds. The third kappa shape index (κ3) is 3.53. The number of benzene rings is 1. The molecule has 1 aromatic carbocycles. The van der Waals surface area contributed by atoms with Crippen molar-refractivity contribution in [3.05, 3.63) is 35.1 Å². The van der Waals surface area contributed by atoms with Crippen molar-refractivity contribution in [1.29, 1.82) is 0 Å². The summed E-state index contributed by atoms with van der Waals surface area (Å²) in [4.78, 5) is 11.7. The summed E-state index contributed by atoms with van der Waals surface area (Å²) in [6.45, 7) is 6.65. The highest BCUT2D eigenvalue weighted by atomic mass is 19.1. The molecule has 3 nitrogen and oxygen atoms in total. The molecule has 0 bridgehead atoms. The summed E-state index contributed by atoms with van der Waals surface area (Å²) in [5, 5.41) is 8.99. The van der Waals surface area contributed by atoms with E-state index in [0.29, 0.717) is 5.56 Å². The average molecular weight is 254 g/mol. The van der Waals surface area contributed by atoms with Gasteiger partial charge in [-0.25, -0.2) is 4.39 Å². The van der Waals surface area contributed by atoms with E-state index in [9.17, 15) is 9.18 Å². The first-order valence-corrected chi connectivity index (χ1v) is 5.86. The molecule has 1 aromatic rings. The molecule has 18 heavy (non-hydrogen) atoms. The van der Waals surface area contributed by atoms with E-state index < -0.39 is 17.3 Å². The molecule has 0 saturated carbocycles. The molecular weight excluding hydrogens is 235 g/mol. The van der Waals surface area contributed by atoms with Crippen molar-refractivity contribution in [2.24, 2.45) is 5.41 Å². The van der Waals surface area contributed by atoms with Gasteiger partial charge in [-0.3, -0.25) is 4.79 Å². The van der Waals surface area contributed by atoms with Crippen molar-refractivity contribution in [2.45, 2.75) is 40.4 Å². The molecule has 0 heterocycles. The molecule has 100 valence electrons. The lowest BCUT2D eigenvalue weighted by Crippen LogP contribution is -2.24. The standard InChI is InChI=1S/C14H19FO3/c1-9(18-13(17)14(2,3)4)10-5-6-12(15)11(7-10)8-16/h5-7,9,16H,8H2,1-4H3/t9-/m0/s1. The van der Waals surface area contributed by atoms with Gasteiger partial charge in [-0.15, -0.1) is 0 Å². The second-order valence-corrected chi connectivity index (χ2v) is 5.31. The summed E-state index contributed by atoms with van der Waals surface area (Å²) in [5.41, 5.74) is 0.290. The monoisotopic (exact) mass is 254 g/mol. The maximum absolute atomic E-state index is 13.2. The van der Waals surface area contributed by atoms with Gasteiger partial charge in [0, 0.05) is 5.56 Å². The minimum Gasteiger partial charge on any atom is -0.457 e. The Balaban J connectivity index is 2.85. The van der Waals surface area contributed by atoms with Crippen molar-refractivity contribution in [3.63, 3.8) is 0 Å². The molecule has 0 radical (unpaired) electrons. The van der Waals surface area contributed by atoms with Gasteiger partial charge in [0.2, 0.25) is 0 Å². The van der Waals surface area contributed by atoms with Crippen LogP contribution in [0.5, 0.6) is 0 Å². The Kier molecular flexibility index (Phi) is 4.46. The zero-order chi connectivity index (χ0) is 13.9. The Bertz CT molecular complexity index is 435. The van der Waals surface area contributed by atoms with E-state index >= 15 is 0 Å². The Morgan fingerprint density at radius 3 is 2.56 bits per heavy atom. The Morgan fingerprint density at radius 2 is 2.06 bits per heavy atom. The average Bonchev–Trinajstić information content (AvgIpc) is 2.28. The Labute approximate surface area is 107 Å². The summed E-state index contributed by atoms with van der Waals surface area (Å²) in [7, 11) is 0. The molecule has 0 aliphatic heterocycles. The van der Waals surface area contributed by atoms with E-state index in [0.717, 1.165) is 0 Å². The van der Waals surface area contributed by atoms with Gasteiger partial charge >= 0.3 is 5.97 Å². The number of hydrogen-bond donors (Lipinski definition) is 1. The Morgan fingerprint density at radius 1 is 1.44 bits per heavy atom. The van der Waals surface area contributed by atoms with Crippen LogP contribution in [-0.2, 0) is 16.1 Å². The summed E-state index contributed by atoms with van der Waals surface area (Å²) in [5.74, 6) is -0.777. The second-order valence-electron chi connectivity index (χ2n) is 5.31. The van der Waals surface area contributed by atoms with E-state index in [1.165, 1.54) is 12.1 Å². The number of hydrogen-bond acceptors (Lipinski definition) is 3.